The van der Waals surface area contributed by atoms with Gasteiger partial charge in [-0.3, -0.25) is 4.79 Å². The van der Waals surface area contributed by atoms with Crippen molar-refractivity contribution >= 4 is 11.9 Å². The van der Waals surface area contributed by atoms with Gasteiger partial charge in [0.25, 0.3) is 5.91 Å². The molecule has 0 spiro atoms. The lowest BCUT2D eigenvalue weighted by atomic mass is 10.1. The summed E-state index contributed by atoms with van der Waals surface area (Å²) in [6.07, 6.45) is 1.83. The van der Waals surface area contributed by atoms with Crippen molar-refractivity contribution in [3.63, 3.8) is 0 Å². The molecule has 0 bridgehead atoms. The number of carbonyl (C=O) groups excluding carboxylic acids is 2. The highest BCUT2D eigenvalue weighted by Crippen LogP contribution is 2.39. The second-order valence-corrected chi connectivity index (χ2v) is 5.22. The third-order valence-electron chi connectivity index (χ3n) is 3.39. The Morgan fingerprint density at radius 3 is 2.29 bits per heavy atom. The molecule has 0 aliphatic heterocycles. The van der Waals surface area contributed by atoms with Gasteiger partial charge in [0.15, 0.2) is 18.1 Å². The smallest absolute Gasteiger partial charge is 0.342 e. The Morgan fingerprint density at radius 2 is 1.75 bits per heavy atom. The number of hydrogen-bond acceptors (Lipinski definition) is 6. The average Bonchev–Trinajstić information content (AvgIpc) is 2.58. The maximum Gasteiger partial charge on any atom is 0.342 e. The van der Waals surface area contributed by atoms with Crippen LogP contribution in [0.5, 0.6) is 17.2 Å². The predicted molar refractivity (Wildman–Crippen MR) is 88.9 cm³/mol. The van der Waals surface area contributed by atoms with Gasteiger partial charge in [0.1, 0.15) is 5.56 Å². The Labute approximate surface area is 142 Å². The van der Waals surface area contributed by atoms with Crippen molar-refractivity contribution in [3.8, 4) is 17.2 Å². The molecule has 7 heteroatoms. The van der Waals surface area contributed by atoms with E-state index in [1.54, 1.807) is 6.07 Å². The molecule has 134 valence electrons. The highest BCUT2D eigenvalue weighted by Gasteiger charge is 2.22. The molecule has 0 saturated carbocycles. The van der Waals surface area contributed by atoms with Crippen LogP contribution in [0.1, 0.15) is 37.0 Å². The minimum Gasteiger partial charge on any atom is -0.493 e. The zero-order valence-corrected chi connectivity index (χ0v) is 14.8. The molecule has 1 amide bonds. The Kier molecular flexibility index (Phi) is 7.88. The Bertz CT molecular complexity index is 572. The third kappa shape index (κ3) is 5.04. The lowest BCUT2D eigenvalue weighted by molar-refractivity contribution is -0.124. The lowest BCUT2D eigenvalue weighted by Gasteiger charge is -2.15. The number of benzene rings is 1. The summed E-state index contributed by atoms with van der Waals surface area (Å²) >= 11 is 0. The molecule has 0 fully saturated rings. The molecule has 0 aliphatic rings. The van der Waals surface area contributed by atoms with E-state index >= 15 is 0 Å². The van der Waals surface area contributed by atoms with E-state index in [1.807, 2.05) is 13.8 Å². The summed E-state index contributed by atoms with van der Waals surface area (Å²) in [5, 5.41) is 2.76. The number of rotatable bonds is 9. The molecular weight excluding hydrogens is 314 g/mol. The fourth-order valence-electron chi connectivity index (χ4n) is 2.29. The monoisotopic (exact) mass is 339 g/mol. The van der Waals surface area contributed by atoms with Crippen molar-refractivity contribution in [1.82, 2.24) is 5.32 Å². The van der Waals surface area contributed by atoms with E-state index < -0.39 is 5.97 Å². The molecule has 1 aromatic rings. The number of nitrogens with one attached hydrogen (secondary N) is 1. The second-order valence-electron chi connectivity index (χ2n) is 5.22. The first-order chi connectivity index (χ1) is 11.5. The van der Waals surface area contributed by atoms with Crippen molar-refractivity contribution in [2.75, 3.05) is 27.9 Å². The SMILES string of the molecule is CCC[C@H](C)NC(=O)COC(=O)c1ccc(OC)c(OC)c1OC. The molecule has 0 radical (unpaired) electrons. The number of hydrogen-bond donors (Lipinski definition) is 1. The minimum absolute atomic E-state index is 0.0387. The standard InChI is InChI=1S/C17H25NO6/c1-6-7-11(2)18-14(19)10-24-17(20)12-8-9-13(21-3)16(23-5)15(12)22-4/h8-9,11H,6-7,10H2,1-5H3,(H,18,19)/t11-/m0/s1. The molecule has 24 heavy (non-hydrogen) atoms. The summed E-state index contributed by atoms with van der Waals surface area (Å²) in [7, 11) is 4.34. The van der Waals surface area contributed by atoms with Gasteiger partial charge < -0.3 is 24.3 Å². The molecule has 1 aromatic carbocycles. The molecule has 0 aliphatic carbocycles. The Hall–Kier alpha value is -2.44. The van der Waals surface area contributed by atoms with Crippen LogP contribution in [-0.2, 0) is 9.53 Å². The van der Waals surface area contributed by atoms with Gasteiger partial charge >= 0.3 is 5.97 Å². The maximum absolute atomic E-state index is 12.2. The van der Waals surface area contributed by atoms with E-state index in [1.165, 1.54) is 27.4 Å². The largest absolute Gasteiger partial charge is 0.493 e. The third-order valence-corrected chi connectivity index (χ3v) is 3.39. The van der Waals surface area contributed by atoms with Crippen LogP contribution in [0.4, 0.5) is 0 Å². The van der Waals surface area contributed by atoms with Crippen molar-refractivity contribution in [3.05, 3.63) is 17.7 Å². The van der Waals surface area contributed by atoms with Crippen molar-refractivity contribution < 1.29 is 28.5 Å². The lowest BCUT2D eigenvalue weighted by Crippen LogP contribution is -2.35. The number of amides is 1. The van der Waals surface area contributed by atoms with Crippen LogP contribution >= 0.6 is 0 Å². The van der Waals surface area contributed by atoms with Gasteiger partial charge in [-0.2, -0.15) is 0 Å². The van der Waals surface area contributed by atoms with Crippen LogP contribution < -0.4 is 19.5 Å². The fourth-order valence-corrected chi connectivity index (χ4v) is 2.29. The zero-order valence-electron chi connectivity index (χ0n) is 14.8. The summed E-state index contributed by atoms with van der Waals surface area (Å²) in [6.45, 7) is 3.58. The second kappa shape index (κ2) is 9.64. The zero-order chi connectivity index (χ0) is 18.1. The number of esters is 1. The van der Waals surface area contributed by atoms with E-state index in [0.29, 0.717) is 5.75 Å². The molecular formula is C17H25NO6. The summed E-state index contributed by atoms with van der Waals surface area (Å²) < 4.78 is 20.7. The normalized spacial score (nSPS) is 11.4. The van der Waals surface area contributed by atoms with Gasteiger partial charge in [-0.1, -0.05) is 13.3 Å². The number of methoxy groups -OCH3 is 3. The van der Waals surface area contributed by atoms with Crippen LogP contribution in [0.3, 0.4) is 0 Å². The average molecular weight is 339 g/mol. The Morgan fingerprint density at radius 1 is 1.08 bits per heavy atom. The van der Waals surface area contributed by atoms with Gasteiger partial charge in [-0.25, -0.2) is 4.79 Å². The number of carbonyl (C=O) groups is 2. The highest BCUT2D eigenvalue weighted by atomic mass is 16.5. The number of ether oxygens (including phenoxy) is 4. The molecule has 0 unspecified atom stereocenters. The fraction of sp³-hybridized carbons (Fsp3) is 0.529. The summed E-state index contributed by atoms with van der Waals surface area (Å²) in [6, 6.07) is 3.11. The van der Waals surface area contributed by atoms with Crippen molar-refractivity contribution in [1.29, 1.82) is 0 Å². The van der Waals surface area contributed by atoms with E-state index in [2.05, 4.69) is 5.32 Å². The maximum atomic E-state index is 12.2. The van der Waals surface area contributed by atoms with Gasteiger partial charge in [0, 0.05) is 6.04 Å². The molecule has 0 aromatic heterocycles. The summed E-state index contributed by atoms with van der Waals surface area (Å²) in [4.78, 5) is 24.0. The molecule has 0 saturated heterocycles. The highest BCUT2D eigenvalue weighted by molar-refractivity contribution is 5.95. The van der Waals surface area contributed by atoms with Crippen molar-refractivity contribution in [2.45, 2.75) is 32.7 Å². The summed E-state index contributed by atoms with van der Waals surface area (Å²) in [5.74, 6) is -0.107. The first-order valence-electron chi connectivity index (χ1n) is 7.73. The first-order valence-corrected chi connectivity index (χ1v) is 7.73. The summed E-state index contributed by atoms with van der Waals surface area (Å²) in [5.41, 5.74) is 0.157. The molecule has 7 nitrogen and oxygen atoms in total. The van der Waals surface area contributed by atoms with E-state index in [4.69, 9.17) is 18.9 Å². The quantitative estimate of drug-likeness (QED) is 0.694. The first kappa shape index (κ1) is 19.6. The van der Waals surface area contributed by atoms with Crippen LogP contribution in [-0.4, -0.2) is 45.9 Å². The Balaban J connectivity index is 2.79. The molecule has 0 heterocycles. The van der Waals surface area contributed by atoms with Crippen LogP contribution in [0.15, 0.2) is 12.1 Å². The molecule has 1 N–H and O–H groups in total. The van der Waals surface area contributed by atoms with Crippen LogP contribution in [0.2, 0.25) is 0 Å². The van der Waals surface area contributed by atoms with E-state index in [9.17, 15) is 9.59 Å². The molecule has 1 atom stereocenters. The predicted octanol–water partition coefficient (Wildman–Crippen LogP) is 2.17. The van der Waals surface area contributed by atoms with Gasteiger partial charge in [-0.05, 0) is 25.5 Å². The van der Waals surface area contributed by atoms with E-state index in [-0.39, 0.29) is 35.6 Å². The minimum atomic E-state index is -0.675. The van der Waals surface area contributed by atoms with E-state index in [0.717, 1.165) is 12.8 Å². The molecule has 1 rings (SSSR count). The topological polar surface area (TPSA) is 83.1 Å². The van der Waals surface area contributed by atoms with Crippen molar-refractivity contribution in [2.24, 2.45) is 0 Å². The van der Waals surface area contributed by atoms with Crippen LogP contribution in [0, 0.1) is 0 Å². The van der Waals surface area contributed by atoms with Gasteiger partial charge in [0.2, 0.25) is 5.75 Å². The van der Waals surface area contributed by atoms with Crippen LogP contribution in [0.25, 0.3) is 0 Å². The van der Waals surface area contributed by atoms with Gasteiger partial charge in [0.05, 0.1) is 21.3 Å². The van der Waals surface area contributed by atoms with Gasteiger partial charge in [-0.15, -0.1) is 0 Å².